The van der Waals surface area contributed by atoms with Crippen molar-refractivity contribution >= 4 is 5.96 Å². The number of pyridine rings is 1. The van der Waals surface area contributed by atoms with E-state index in [1.807, 2.05) is 36.4 Å². The summed E-state index contributed by atoms with van der Waals surface area (Å²) in [6, 6.07) is 11.5. The molecule has 7 heteroatoms. The van der Waals surface area contributed by atoms with Gasteiger partial charge in [0.25, 0.3) is 0 Å². The maximum atomic E-state index is 6.09. The molecule has 1 aliphatic rings. The minimum absolute atomic E-state index is 0.255. The highest BCUT2D eigenvalue weighted by molar-refractivity contribution is 5.79. The van der Waals surface area contributed by atoms with Crippen LogP contribution in [0.3, 0.4) is 0 Å². The van der Waals surface area contributed by atoms with Crippen molar-refractivity contribution in [1.29, 1.82) is 0 Å². The third kappa shape index (κ3) is 6.35. The van der Waals surface area contributed by atoms with Crippen LogP contribution in [0.5, 0.6) is 17.4 Å². The van der Waals surface area contributed by atoms with Crippen LogP contribution in [-0.4, -0.2) is 43.9 Å². The van der Waals surface area contributed by atoms with Gasteiger partial charge in [0.15, 0.2) is 17.5 Å². The second-order valence-corrected chi connectivity index (χ2v) is 6.81. The van der Waals surface area contributed by atoms with Crippen molar-refractivity contribution in [3.05, 3.63) is 48.2 Å². The van der Waals surface area contributed by atoms with Crippen LogP contribution in [0.2, 0.25) is 0 Å². The highest BCUT2D eigenvalue weighted by atomic mass is 16.5. The van der Waals surface area contributed by atoms with E-state index in [0.717, 1.165) is 43.9 Å². The summed E-state index contributed by atoms with van der Waals surface area (Å²) in [5.41, 5.74) is 0.929. The average molecular weight is 399 g/mol. The Labute approximate surface area is 172 Å². The van der Waals surface area contributed by atoms with Crippen LogP contribution in [0.1, 0.15) is 31.7 Å². The van der Waals surface area contributed by atoms with E-state index in [2.05, 4.69) is 27.5 Å². The third-order valence-corrected chi connectivity index (χ3v) is 4.56. The summed E-state index contributed by atoms with van der Waals surface area (Å²) in [6.45, 7) is 4.85. The fraction of sp³-hybridized carbons (Fsp3) is 0.455. The van der Waals surface area contributed by atoms with Gasteiger partial charge in [-0.05, 0) is 37.5 Å². The molecular weight excluding hydrogens is 368 g/mol. The Bertz CT molecular complexity index is 791. The van der Waals surface area contributed by atoms with Gasteiger partial charge in [-0.3, -0.25) is 4.99 Å². The molecule has 7 nitrogen and oxygen atoms in total. The van der Waals surface area contributed by atoms with Crippen molar-refractivity contribution in [3.63, 3.8) is 0 Å². The zero-order valence-corrected chi connectivity index (χ0v) is 17.2. The fourth-order valence-electron chi connectivity index (χ4n) is 3.04. The molecule has 1 atom stereocenters. The number of guanidine groups is 1. The quantitative estimate of drug-likeness (QED) is 0.497. The molecule has 1 fully saturated rings. The van der Waals surface area contributed by atoms with Crippen LogP contribution in [0.15, 0.2) is 47.6 Å². The van der Waals surface area contributed by atoms with E-state index in [-0.39, 0.29) is 6.10 Å². The predicted molar refractivity (Wildman–Crippen MR) is 114 cm³/mol. The van der Waals surface area contributed by atoms with Crippen LogP contribution < -0.4 is 20.1 Å². The Hall–Kier alpha value is -2.80. The maximum Gasteiger partial charge on any atom is 0.224 e. The van der Waals surface area contributed by atoms with Gasteiger partial charge in [-0.2, -0.15) is 0 Å². The SMILES string of the molecule is CCCOc1ccccc1Oc1ncccc1CNC(=NC)NCC1CCCO1. The lowest BCUT2D eigenvalue weighted by Gasteiger charge is -2.16. The Balaban J connectivity index is 1.61. The molecule has 0 amide bonds. The van der Waals surface area contributed by atoms with Gasteiger partial charge in [-0.25, -0.2) is 4.98 Å². The first-order valence-corrected chi connectivity index (χ1v) is 10.2. The molecule has 1 aliphatic heterocycles. The van der Waals surface area contributed by atoms with E-state index in [0.29, 0.717) is 30.5 Å². The van der Waals surface area contributed by atoms with E-state index in [4.69, 9.17) is 14.2 Å². The van der Waals surface area contributed by atoms with Crippen LogP contribution in [0, 0.1) is 0 Å². The number of para-hydroxylation sites is 2. The highest BCUT2D eigenvalue weighted by Gasteiger charge is 2.16. The van der Waals surface area contributed by atoms with Crippen molar-refractivity contribution in [1.82, 2.24) is 15.6 Å². The minimum Gasteiger partial charge on any atom is -0.490 e. The number of benzene rings is 1. The number of aromatic nitrogens is 1. The van der Waals surface area contributed by atoms with Gasteiger partial charge in [0.05, 0.1) is 12.7 Å². The van der Waals surface area contributed by atoms with Gasteiger partial charge in [0, 0.05) is 38.5 Å². The van der Waals surface area contributed by atoms with E-state index in [9.17, 15) is 0 Å². The first-order chi connectivity index (χ1) is 14.3. The zero-order chi connectivity index (χ0) is 20.3. The monoisotopic (exact) mass is 398 g/mol. The summed E-state index contributed by atoms with van der Waals surface area (Å²) < 4.78 is 17.5. The number of nitrogens with one attached hydrogen (secondary N) is 2. The summed E-state index contributed by atoms with van der Waals surface area (Å²) >= 11 is 0. The van der Waals surface area contributed by atoms with E-state index in [1.54, 1.807) is 13.2 Å². The second-order valence-electron chi connectivity index (χ2n) is 6.81. The average Bonchev–Trinajstić information content (AvgIpc) is 3.28. The molecule has 1 unspecified atom stereocenters. The molecule has 0 bridgehead atoms. The lowest BCUT2D eigenvalue weighted by atomic mass is 10.2. The molecule has 3 rings (SSSR count). The smallest absolute Gasteiger partial charge is 0.224 e. The van der Waals surface area contributed by atoms with Crippen molar-refractivity contribution in [2.75, 3.05) is 26.8 Å². The summed E-state index contributed by atoms with van der Waals surface area (Å²) in [6.07, 6.45) is 5.12. The zero-order valence-electron chi connectivity index (χ0n) is 17.2. The van der Waals surface area contributed by atoms with E-state index in [1.165, 1.54) is 0 Å². The molecule has 1 aromatic heterocycles. The standard InChI is InChI=1S/C22H30N4O3/c1-3-13-28-19-10-4-5-11-20(19)29-21-17(8-6-12-24-21)15-25-22(23-2)26-16-18-9-7-14-27-18/h4-6,8,10-12,18H,3,7,9,13-16H2,1-2H3,(H2,23,25,26). The topological polar surface area (TPSA) is 77.0 Å². The number of nitrogens with zero attached hydrogens (tertiary/aromatic N) is 2. The van der Waals surface area contributed by atoms with Gasteiger partial charge in [-0.15, -0.1) is 0 Å². The third-order valence-electron chi connectivity index (χ3n) is 4.56. The molecule has 0 aliphatic carbocycles. The van der Waals surface area contributed by atoms with Gasteiger partial charge in [0.2, 0.25) is 5.88 Å². The fourth-order valence-corrected chi connectivity index (χ4v) is 3.04. The lowest BCUT2D eigenvalue weighted by Crippen LogP contribution is -2.40. The molecule has 0 spiro atoms. The molecule has 156 valence electrons. The van der Waals surface area contributed by atoms with Gasteiger partial charge in [0.1, 0.15) is 0 Å². The Morgan fingerprint density at radius 2 is 2.07 bits per heavy atom. The normalized spacial score (nSPS) is 16.5. The number of hydrogen-bond acceptors (Lipinski definition) is 5. The lowest BCUT2D eigenvalue weighted by molar-refractivity contribution is 0.114. The molecule has 2 aromatic rings. The number of hydrogen-bond donors (Lipinski definition) is 2. The summed E-state index contributed by atoms with van der Waals surface area (Å²) in [5, 5.41) is 6.63. The molecule has 2 N–H and O–H groups in total. The summed E-state index contributed by atoms with van der Waals surface area (Å²) in [5.74, 6) is 2.64. The number of rotatable bonds is 9. The molecule has 0 radical (unpaired) electrons. The predicted octanol–water partition coefficient (Wildman–Crippen LogP) is 3.51. The molecule has 0 saturated carbocycles. The van der Waals surface area contributed by atoms with Crippen LogP contribution in [0.4, 0.5) is 0 Å². The Morgan fingerprint density at radius 3 is 2.83 bits per heavy atom. The van der Waals surface area contributed by atoms with Crippen molar-refractivity contribution < 1.29 is 14.2 Å². The van der Waals surface area contributed by atoms with E-state index >= 15 is 0 Å². The van der Waals surface area contributed by atoms with Crippen molar-refractivity contribution in [3.8, 4) is 17.4 Å². The molecule has 29 heavy (non-hydrogen) atoms. The van der Waals surface area contributed by atoms with Crippen LogP contribution in [-0.2, 0) is 11.3 Å². The van der Waals surface area contributed by atoms with Crippen LogP contribution in [0.25, 0.3) is 0 Å². The first-order valence-electron chi connectivity index (χ1n) is 10.2. The maximum absolute atomic E-state index is 6.09. The summed E-state index contributed by atoms with van der Waals surface area (Å²) in [4.78, 5) is 8.69. The largest absolute Gasteiger partial charge is 0.490 e. The van der Waals surface area contributed by atoms with E-state index < -0.39 is 0 Å². The molecular formula is C22H30N4O3. The van der Waals surface area contributed by atoms with Gasteiger partial charge in [-0.1, -0.05) is 25.1 Å². The van der Waals surface area contributed by atoms with Crippen LogP contribution >= 0.6 is 0 Å². The number of aliphatic imine (C=N–C) groups is 1. The first kappa shape index (κ1) is 20.9. The molecule has 1 saturated heterocycles. The highest BCUT2D eigenvalue weighted by Crippen LogP contribution is 2.31. The summed E-state index contributed by atoms with van der Waals surface area (Å²) in [7, 11) is 1.76. The van der Waals surface area contributed by atoms with Crippen molar-refractivity contribution in [2.45, 2.75) is 38.8 Å². The van der Waals surface area contributed by atoms with Crippen molar-refractivity contribution in [2.24, 2.45) is 4.99 Å². The Kier molecular flexibility index (Phi) is 8.12. The molecule has 2 heterocycles. The minimum atomic E-state index is 0.255. The van der Waals surface area contributed by atoms with Gasteiger partial charge >= 0.3 is 0 Å². The second kappa shape index (κ2) is 11.3. The molecule has 1 aromatic carbocycles. The number of ether oxygens (including phenoxy) is 3. The Morgan fingerprint density at radius 1 is 1.21 bits per heavy atom. The van der Waals surface area contributed by atoms with Gasteiger partial charge < -0.3 is 24.8 Å².